The third kappa shape index (κ3) is 5.10. The summed E-state index contributed by atoms with van der Waals surface area (Å²) in [5.41, 5.74) is 3.55. The predicted octanol–water partition coefficient (Wildman–Crippen LogP) is 4.74. The van der Waals surface area contributed by atoms with E-state index in [0.29, 0.717) is 42.3 Å². The molecular formula is C32H30FN5O4. The average molecular weight is 568 g/mol. The van der Waals surface area contributed by atoms with Gasteiger partial charge in [-0.15, -0.1) is 0 Å². The first-order chi connectivity index (χ1) is 20.5. The van der Waals surface area contributed by atoms with Crippen LogP contribution in [0.4, 0.5) is 4.39 Å². The molecule has 1 saturated carbocycles. The van der Waals surface area contributed by atoms with Gasteiger partial charge in [-0.25, -0.2) is 19.2 Å². The predicted molar refractivity (Wildman–Crippen MR) is 150 cm³/mol. The van der Waals surface area contributed by atoms with Gasteiger partial charge in [-0.1, -0.05) is 12.1 Å². The monoisotopic (exact) mass is 567 g/mol. The number of nitrogens with zero attached hydrogens (tertiary/aromatic N) is 5. The van der Waals surface area contributed by atoms with Crippen LogP contribution in [-0.2, 0) is 24.4 Å². The highest BCUT2D eigenvalue weighted by atomic mass is 19.1. The Balaban J connectivity index is 1.02. The molecule has 4 aromatic rings. The Kier molecular flexibility index (Phi) is 6.84. The van der Waals surface area contributed by atoms with Crippen LogP contribution >= 0.6 is 0 Å². The van der Waals surface area contributed by atoms with Gasteiger partial charge < -0.3 is 19.1 Å². The van der Waals surface area contributed by atoms with Crippen molar-refractivity contribution in [3.8, 4) is 11.9 Å². The average Bonchev–Trinajstić information content (AvgIpc) is 3.38. The van der Waals surface area contributed by atoms with Crippen molar-refractivity contribution in [1.29, 1.82) is 5.26 Å². The molecule has 4 atom stereocenters. The number of benzene rings is 2. The smallest absolute Gasteiger partial charge is 0.335 e. The number of imidazole rings is 1. The quantitative estimate of drug-likeness (QED) is 0.309. The standard InChI is InChI=1S/C32H30FN5O4/c33-25-11-19(13-34)6-7-21(25)18-42-30-5-1-4-27(36-30)31-23-15-37(16-24(23)31)17-29-35-26-9-8-20(32(39)40)12-28(26)38(29)14-22-3-2-10-41-22/h1,4-9,11-12,22-24,31H,2-3,10,14-18H2,(H,39,40)/t22-,23-,24+,31?/m0/s1. The van der Waals surface area contributed by atoms with Crippen LogP contribution in [0.1, 0.15) is 51.8 Å². The Morgan fingerprint density at radius 1 is 1.14 bits per heavy atom. The Labute approximate surface area is 242 Å². The van der Waals surface area contributed by atoms with Crippen molar-refractivity contribution in [1.82, 2.24) is 19.4 Å². The zero-order chi connectivity index (χ0) is 28.8. The molecule has 9 nitrogen and oxygen atoms in total. The Morgan fingerprint density at radius 2 is 2.00 bits per heavy atom. The second-order valence-corrected chi connectivity index (χ2v) is 11.4. The van der Waals surface area contributed by atoms with Crippen LogP contribution < -0.4 is 4.74 Å². The topological polar surface area (TPSA) is 114 Å². The fraction of sp³-hybridized carbons (Fsp3) is 0.375. The number of hydrogen-bond acceptors (Lipinski definition) is 7. The summed E-state index contributed by atoms with van der Waals surface area (Å²) in [6, 6.07) is 17.2. The van der Waals surface area contributed by atoms with Crippen molar-refractivity contribution >= 4 is 17.0 Å². The van der Waals surface area contributed by atoms with E-state index in [4.69, 9.17) is 24.7 Å². The number of hydrogen-bond donors (Lipinski definition) is 1. The summed E-state index contributed by atoms with van der Waals surface area (Å²) in [6.07, 6.45) is 2.14. The van der Waals surface area contributed by atoms with Crippen molar-refractivity contribution in [2.45, 2.75) is 44.6 Å². The summed E-state index contributed by atoms with van der Waals surface area (Å²) < 4.78 is 28.1. The molecule has 0 amide bonds. The number of carbonyl (C=O) groups is 1. The first kappa shape index (κ1) is 26.6. The molecule has 1 aliphatic carbocycles. The molecule has 2 saturated heterocycles. The molecule has 1 unspecified atom stereocenters. The minimum Gasteiger partial charge on any atom is -0.478 e. The first-order valence-corrected chi connectivity index (χ1v) is 14.3. The number of ether oxygens (including phenoxy) is 2. The Morgan fingerprint density at radius 3 is 2.74 bits per heavy atom. The minimum absolute atomic E-state index is 0.0418. The summed E-state index contributed by atoms with van der Waals surface area (Å²) in [5.74, 6) is 1.34. The lowest BCUT2D eigenvalue weighted by Gasteiger charge is -2.21. The van der Waals surface area contributed by atoms with Gasteiger partial charge in [-0.2, -0.15) is 5.26 Å². The number of piperidine rings is 1. The zero-order valence-electron chi connectivity index (χ0n) is 22.9. The molecule has 0 radical (unpaired) electrons. The van der Waals surface area contributed by atoms with Crippen LogP contribution in [0.5, 0.6) is 5.88 Å². The van der Waals surface area contributed by atoms with Crippen molar-refractivity contribution in [2.24, 2.45) is 11.8 Å². The van der Waals surface area contributed by atoms with Crippen LogP contribution in [0.25, 0.3) is 11.0 Å². The van der Waals surface area contributed by atoms with E-state index < -0.39 is 11.8 Å². The first-order valence-electron chi connectivity index (χ1n) is 14.3. The molecular weight excluding hydrogens is 537 g/mol. The number of fused-ring (bicyclic) bond motifs is 2. The van der Waals surface area contributed by atoms with E-state index in [-0.39, 0.29) is 23.8 Å². The maximum Gasteiger partial charge on any atom is 0.335 e. The highest BCUT2D eigenvalue weighted by molar-refractivity contribution is 5.92. The van der Waals surface area contributed by atoms with Crippen molar-refractivity contribution in [3.05, 3.63) is 88.6 Å². The number of nitriles is 1. The van der Waals surface area contributed by atoms with Crippen molar-refractivity contribution in [3.63, 3.8) is 0 Å². The molecule has 214 valence electrons. The summed E-state index contributed by atoms with van der Waals surface area (Å²) in [4.78, 5) is 23.7. The molecule has 42 heavy (non-hydrogen) atoms. The molecule has 4 heterocycles. The fourth-order valence-corrected chi connectivity index (χ4v) is 6.59. The van der Waals surface area contributed by atoms with Crippen LogP contribution in [-0.4, -0.2) is 56.3 Å². The van der Waals surface area contributed by atoms with E-state index in [0.717, 1.165) is 55.1 Å². The third-order valence-corrected chi connectivity index (χ3v) is 8.76. The van der Waals surface area contributed by atoms with E-state index in [1.165, 1.54) is 6.07 Å². The van der Waals surface area contributed by atoms with Gasteiger partial charge in [-0.05, 0) is 61.1 Å². The molecule has 2 aromatic heterocycles. The Bertz CT molecular complexity index is 1700. The normalized spacial score (nSPS) is 23.1. The van der Waals surface area contributed by atoms with E-state index in [9.17, 15) is 14.3 Å². The van der Waals surface area contributed by atoms with Crippen LogP contribution in [0.15, 0.2) is 54.6 Å². The lowest BCUT2D eigenvalue weighted by atomic mass is 10.1. The molecule has 3 fully saturated rings. The van der Waals surface area contributed by atoms with Crippen molar-refractivity contribution < 1.29 is 23.8 Å². The summed E-state index contributed by atoms with van der Waals surface area (Å²) in [6.45, 7) is 4.03. The molecule has 2 aliphatic heterocycles. The summed E-state index contributed by atoms with van der Waals surface area (Å²) >= 11 is 0. The van der Waals surface area contributed by atoms with E-state index >= 15 is 0 Å². The molecule has 10 heteroatoms. The van der Waals surface area contributed by atoms with Gasteiger partial charge in [0.1, 0.15) is 18.2 Å². The molecule has 7 rings (SSSR count). The van der Waals surface area contributed by atoms with Crippen LogP contribution in [0.2, 0.25) is 0 Å². The second kappa shape index (κ2) is 10.8. The fourth-order valence-electron chi connectivity index (χ4n) is 6.59. The van der Waals surface area contributed by atoms with Crippen molar-refractivity contribution in [2.75, 3.05) is 19.7 Å². The highest BCUT2D eigenvalue weighted by Gasteiger charge is 2.57. The number of rotatable bonds is 9. The highest BCUT2D eigenvalue weighted by Crippen LogP contribution is 2.58. The summed E-state index contributed by atoms with van der Waals surface area (Å²) in [5, 5.41) is 18.5. The number of aromatic nitrogens is 3. The van der Waals surface area contributed by atoms with Gasteiger partial charge in [0.15, 0.2) is 0 Å². The minimum atomic E-state index is -0.946. The van der Waals surface area contributed by atoms with Crippen LogP contribution in [0.3, 0.4) is 0 Å². The largest absolute Gasteiger partial charge is 0.478 e. The maximum atomic E-state index is 14.3. The van der Waals surface area contributed by atoms with E-state index in [1.807, 2.05) is 18.2 Å². The Hall–Kier alpha value is -4.33. The number of pyridine rings is 1. The number of halogens is 1. The lowest BCUT2D eigenvalue weighted by molar-refractivity contribution is 0.0697. The van der Waals surface area contributed by atoms with E-state index in [2.05, 4.69) is 9.47 Å². The van der Waals surface area contributed by atoms with Gasteiger partial charge in [0.2, 0.25) is 5.88 Å². The number of carboxylic acid groups (broad SMARTS) is 1. The van der Waals surface area contributed by atoms with Gasteiger partial charge in [0, 0.05) is 42.9 Å². The van der Waals surface area contributed by atoms with Gasteiger partial charge >= 0.3 is 5.97 Å². The molecule has 2 aromatic carbocycles. The number of likely N-dealkylation sites (tertiary alicyclic amines) is 1. The van der Waals surface area contributed by atoms with Gasteiger partial charge in [0.25, 0.3) is 0 Å². The molecule has 0 spiro atoms. The number of aromatic carboxylic acids is 1. The summed E-state index contributed by atoms with van der Waals surface area (Å²) in [7, 11) is 0. The molecule has 3 aliphatic rings. The van der Waals surface area contributed by atoms with Gasteiger partial charge in [-0.3, -0.25) is 4.90 Å². The number of carboxylic acids is 1. The molecule has 0 bridgehead atoms. The lowest BCUT2D eigenvalue weighted by Crippen LogP contribution is -2.27. The van der Waals surface area contributed by atoms with Gasteiger partial charge in [0.05, 0.1) is 47.4 Å². The van der Waals surface area contributed by atoms with Crippen LogP contribution in [0, 0.1) is 29.0 Å². The zero-order valence-corrected chi connectivity index (χ0v) is 22.9. The molecule has 1 N–H and O–H groups in total. The SMILES string of the molecule is N#Cc1ccc(COc2cccc(C3[C@H]4CN(Cc5nc6ccc(C(=O)O)cc6n5C[C@@H]5CCCO5)C[C@@H]34)n2)c(F)c1. The van der Waals surface area contributed by atoms with E-state index in [1.54, 1.807) is 36.4 Å². The third-order valence-electron chi connectivity index (χ3n) is 8.76. The second-order valence-electron chi connectivity index (χ2n) is 11.4. The maximum absolute atomic E-state index is 14.3.